The van der Waals surface area contributed by atoms with Crippen molar-refractivity contribution in [3.05, 3.63) is 76.9 Å². The van der Waals surface area contributed by atoms with E-state index in [1.165, 1.54) is 18.2 Å². The van der Waals surface area contributed by atoms with Crippen LogP contribution in [0, 0.1) is 0 Å². The zero-order valence-corrected chi connectivity index (χ0v) is 15.6. The quantitative estimate of drug-likeness (QED) is 0.276. The summed E-state index contributed by atoms with van der Waals surface area (Å²) in [5, 5.41) is 23.0. The molecule has 1 spiro atoms. The maximum absolute atomic E-state index is 12.7. The number of anilines is 1. The third-order valence-electron chi connectivity index (χ3n) is 5.09. The molecule has 3 aromatic carbocycles. The monoisotopic (exact) mass is 406 g/mol. The Morgan fingerprint density at radius 2 is 1.79 bits per heavy atom. The molecule has 29 heavy (non-hydrogen) atoms. The van der Waals surface area contributed by atoms with Crippen molar-refractivity contribution in [2.24, 2.45) is 5.73 Å². The van der Waals surface area contributed by atoms with Crippen LogP contribution in [0.4, 0.5) is 5.69 Å². The molecule has 5 rings (SSSR count). The smallest absolute Gasteiger partial charge is 0.340 e. The molecule has 2 heterocycles. The van der Waals surface area contributed by atoms with Crippen molar-refractivity contribution >= 4 is 29.0 Å². The fourth-order valence-corrected chi connectivity index (χ4v) is 4.06. The van der Waals surface area contributed by atoms with E-state index in [1.807, 2.05) is 6.07 Å². The third-order valence-corrected chi connectivity index (χ3v) is 5.19. The van der Waals surface area contributed by atoms with Gasteiger partial charge in [0.1, 0.15) is 22.9 Å². The summed E-state index contributed by atoms with van der Waals surface area (Å²) in [4.78, 5) is 12.7. The summed E-state index contributed by atoms with van der Waals surface area (Å²) in [6, 6.07) is 14.7. The number of esters is 1. The number of carbonyl (C=O) groups excluding carboxylic acids is 1. The number of aromatic hydroxyl groups is 2. The van der Waals surface area contributed by atoms with Crippen LogP contribution in [-0.2, 0) is 10.3 Å². The molecule has 0 bridgehead atoms. The number of ether oxygens (including phenoxy) is 2. The number of nitrogens with two attached hydrogens (primary N) is 1. The van der Waals surface area contributed by atoms with Crippen LogP contribution in [0.15, 0.2) is 54.6 Å². The molecule has 5 N–H and O–H groups in total. The number of benzene rings is 3. The van der Waals surface area contributed by atoms with E-state index in [4.69, 9.17) is 27.4 Å². The average Bonchev–Trinajstić information content (AvgIpc) is 2.97. The van der Waals surface area contributed by atoms with Crippen molar-refractivity contribution in [1.29, 1.82) is 0 Å². The predicted molar refractivity (Wildman–Crippen MR) is 108 cm³/mol. The van der Waals surface area contributed by atoms with Gasteiger partial charge in [-0.1, -0.05) is 18.2 Å². The Kier molecular flexibility index (Phi) is 3.50. The van der Waals surface area contributed by atoms with Gasteiger partial charge in [0.25, 0.3) is 0 Å². The molecule has 2 aliphatic heterocycles. The highest BCUT2D eigenvalue weighted by molar-refractivity contribution is 7.80. The third kappa shape index (κ3) is 2.29. The molecule has 1 unspecified atom stereocenters. The second kappa shape index (κ2) is 5.86. The number of fused-ring (bicyclic) bond motifs is 6. The zero-order chi connectivity index (χ0) is 20.3. The molecule has 8 heteroatoms. The van der Waals surface area contributed by atoms with Crippen LogP contribution in [0.1, 0.15) is 27.0 Å². The Morgan fingerprint density at radius 1 is 1.03 bits per heavy atom. The van der Waals surface area contributed by atoms with Crippen LogP contribution >= 0.6 is 12.2 Å². The van der Waals surface area contributed by atoms with E-state index >= 15 is 0 Å². The lowest BCUT2D eigenvalue weighted by Crippen LogP contribution is -2.33. The van der Waals surface area contributed by atoms with Crippen molar-refractivity contribution in [1.82, 2.24) is 0 Å². The van der Waals surface area contributed by atoms with Crippen molar-refractivity contribution in [3.63, 3.8) is 0 Å². The highest BCUT2D eigenvalue weighted by atomic mass is 32.1. The van der Waals surface area contributed by atoms with Gasteiger partial charge in [-0.2, -0.15) is 0 Å². The predicted octanol–water partition coefficient (Wildman–Crippen LogP) is 3.32. The number of hydrogen-bond acceptors (Lipinski definition) is 6. The SMILES string of the molecule is NC(=S)Nc1c(O)ccc2c1Oc1cc(O)ccc1C21OC(=O)c2ccccc21. The van der Waals surface area contributed by atoms with Gasteiger partial charge in [0, 0.05) is 17.2 Å². The molecule has 0 aliphatic carbocycles. The van der Waals surface area contributed by atoms with Crippen molar-refractivity contribution in [2.75, 3.05) is 5.32 Å². The van der Waals surface area contributed by atoms with Crippen LogP contribution in [0.5, 0.6) is 23.0 Å². The van der Waals surface area contributed by atoms with Crippen LogP contribution in [0.2, 0.25) is 0 Å². The summed E-state index contributed by atoms with van der Waals surface area (Å²) in [5.74, 6) is -0.180. The summed E-state index contributed by atoms with van der Waals surface area (Å²) >= 11 is 4.92. The largest absolute Gasteiger partial charge is 0.508 e. The summed E-state index contributed by atoms with van der Waals surface area (Å²) in [7, 11) is 0. The van der Waals surface area contributed by atoms with Crippen molar-refractivity contribution in [3.8, 4) is 23.0 Å². The minimum atomic E-state index is -1.31. The Bertz CT molecular complexity index is 1230. The highest BCUT2D eigenvalue weighted by Gasteiger charge is 2.54. The molecule has 144 valence electrons. The second-order valence-corrected chi connectivity index (χ2v) is 7.16. The first-order chi connectivity index (χ1) is 13.9. The molecule has 2 aliphatic rings. The summed E-state index contributed by atoms with van der Waals surface area (Å²) in [6.07, 6.45) is 0. The summed E-state index contributed by atoms with van der Waals surface area (Å²) in [6.45, 7) is 0. The Balaban J connectivity index is 1.89. The number of carbonyl (C=O) groups is 1. The number of rotatable bonds is 1. The number of phenols is 2. The van der Waals surface area contributed by atoms with Crippen LogP contribution in [0.3, 0.4) is 0 Å². The fourth-order valence-electron chi connectivity index (χ4n) is 3.96. The van der Waals surface area contributed by atoms with E-state index < -0.39 is 11.6 Å². The van der Waals surface area contributed by atoms with Gasteiger partial charge >= 0.3 is 5.97 Å². The molecule has 0 amide bonds. The van der Waals surface area contributed by atoms with E-state index in [0.29, 0.717) is 22.3 Å². The number of thiocarbonyl (C=S) groups is 1. The summed E-state index contributed by atoms with van der Waals surface area (Å²) in [5.41, 5.74) is 6.55. The van der Waals surface area contributed by atoms with E-state index in [9.17, 15) is 15.0 Å². The molecular formula is C21H14N2O5S. The molecule has 3 aromatic rings. The average molecular weight is 406 g/mol. The first-order valence-electron chi connectivity index (χ1n) is 8.69. The van der Waals surface area contributed by atoms with Crippen molar-refractivity contribution < 1.29 is 24.5 Å². The molecule has 0 saturated heterocycles. The Labute approximate surface area is 170 Å². The maximum Gasteiger partial charge on any atom is 0.340 e. The van der Waals surface area contributed by atoms with Gasteiger partial charge < -0.3 is 30.7 Å². The number of phenolic OH excluding ortho intramolecular Hbond substituents is 2. The summed E-state index contributed by atoms with van der Waals surface area (Å²) < 4.78 is 12.0. The number of hydrogen-bond donors (Lipinski definition) is 4. The van der Waals surface area contributed by atoms with E-state index in [-0.39, 0.29) is 33.8 Å². The van der Waals surface area contributed by atoms with Crippen LogP contribution in [0.25, 0.3) is 0 Å². The van der Waals surface area contributed by atoms with Gasteiger partial charge in [0.2, 0.25) is 0 Å². The topological polar surface area (TPSA) is 114 Å². The Morgan fingerprint density at radius 3 is 2.59 bits per heavy atom. The van der Waals surface area contributed by atoms with Crippen LogP contribution < -0.4 is 15.8 Å². The van der Waals surface area contributed by atoms with Crippen molar-refractivity contribution in [2.45, 2.75) is 5.60 Å². The van der Waals surface area contributed by atoms with Gasteiger partial charge in [-0.05, 0) is 42.5 Å². The van der Waals surface area contributed by atoms with E-state index in [2.05, 4.69) is 5.32 Å². The zero-order valence-electron chi connectivity index (χ0n) is 14.8. The molecule has 0 radical (unpaired) electrons. The standard InChI is InChI=1S/C21H14N2O5S/c22-20(29)23-17-15(25)8-7-14-18(17)27-16-9-10(24)5-6-13(16)21(14)12-4-2-1-3-11(12)19(26)28-21/h1-9,24-25H,(H3,22,23,29). The Hall–Kier alpha value is -3.78. The van der Waals surface area contributed by atoms with Gasteiger partial charge in [-0.3, -0.25) is 0 Å². The lowest BCUT2D eigenvalue weighted by atomic mass is 9.77. The van der Waals surface area contributed by atoms with Gasteiger partial charge in [0.15, 0.2) is 16.5 Å². The first kappa shape index (κ1) is 17.3. The minimum Gasteiger partial charge on any atom is -0.508 e. The highest BCUT2D eigenvalue weighted by Crippen LogP contribution is 2.59. The molecule has 0 aromatic heterocycles. The van der Waals surface area contributed by atoms with Gasteiger partial charge in [-0.25, -0.2) is 4.79 Å². The van der Waals surface area contributed by atoms with Gasteiger partial charge in [0.05, 0.1) is 11.1 Å². The maximum atomic E-state index is 12.7. The van der Waals surface area contributed by atoms with E-state index in [1.54, 1.807) is 30.3 Å². The normalized spacial score (nSPS) is 18.3. The molecule has 0 saturated carbocycles. The first-order valence-corrected chi connectivity index (χ1v) is 9.09. The molecular weight excluding hydrogens is 392 g/mol. The number of nitrogens with one attached hydrogen (secondary N) is 1. The fraction of sp³-hybridized carbons (Fsp3) is 0.0476. The second-order valence-electron chi connectivity index (χ2n) is 6.72. The lowest BCUT2D eigenvalue weighted by Gasteiger charge is -2.37. The molecule has 7 nitrogen and oxygen atoms in total. The lowest BCUT2D eigenvalue weighted by molar-refractivity contribution is 0.0224. The van der Waals surface area contributed by atoms with Crippen LogP contribution in [-0.4, -0.2) is 21.3 Å². The molecule has 1 atom stereocenters. The molecule has 0 fully saturated rings. The minimum absolute atomic E-state index is 0.0241. The van der Waals surface area contributed by atoms with Gasteiger partial charge in [-0.15, -0.1) is 0 Å². The van der Waals surface area contributed by atoms with E-state index in [0.717, 1.165) is 0 Å².